The second-order valence-electron chi connectivity index (χ2n) is 4.71. The van der Waals surface area contributed by atoms with Crippen LogP contribution in [0.4, 0.5) is 13.2 Å². The van der Waals surface area contributed by atoms with Gasteiger partial charge in [0.05, 0.1) is 25.9 Å². The van der Waals surface area contributed by atoms with Gasteiger partial charge in [-0.05, 0) is 13.8 Å². The van der Waals surface area contributed by atoms with E-state index in [0.29, 0.717) is 0 Å². The Bertz CT molecular complexity index is 296. The molecule has 1 saturated heterocycles. The average Bonchev–Trinajstić information content (AvgIpc) is 2.23. The number of esters is 1. The van der Waals surface area contributed by atoms with E-state index in [9.17, 15) is 18.0 Å². The molecule has 0 aromatic heterocycles. The third-order valence-electron chi connectivity index (χ3n) is 2.94. The second kappa shape index (κ2) is 5.44. The summed E-state index contributed by atoms with van der Waals surface area (Å²) in [6.07, 6.45) is -4.63. The maximum Gasteiger partial charge on any atom is 0.401 e. The zero-order valence-electron chi connectivity index (χ0n) is 10.6. The molecule has 0 radical (unpaired) electrons. The summed E-state index contributed by atoms with van der Waals surface area (Å²) in [7, 11) is 1.17. The molecule has 0 saturated carbocycles. The molecule has 1 aliphatic rings. The van der Waals surface area contributed by atoms with E-state index < -0.39 is 24.2 Å². The Balaban J connectivity index is 2.85. The first kappa shape index (κ1) is 15.2. The molecule has 0 spiro atoms. The van der Waals surface area contributed by atoms with Gasteiger partial charge in [-0.3, -0.25) is 10.1 Å². The van der Waals surface area contributed by atoms with Gasteiger partial charge in [0.2, 0.25) is 0 Å². The number of ether oxygens (including phenoxy) is 2. The van der Waals surface area contributed by atoms with Crippen LogP contribution in [0.2, 0.25) is 0 Å². The highest BCUT2D eigenvalue weighted by atomic mass is 19.4. The Morgan fingerprint density at radius 1 is 1.39 bits per heavy atom. The summed E-state index contributed by atoms with van der Waals surface area (Å²) in [6.45, 7) is 2.23. The van der Waals surface area contributed by atoms with Crippen molar-refractivity contribution in [2.75, 3.05) is 13.7 Å². The number of hydrogen-bond acceptors (Lipinski definition) is 4. The molecule has 0 aromatic rings. The number of halogens is 3. The molecule has 1 aliphatic heterocycles. The summed E-state index contributed by atoms with van der Waals surface area (Å²) in [5.41, 5.74) is -1.32. The smallest absolute Gasteiger partial charge is 0.401 e. The lowest BCUT2D eigenvalue weighted by Crippen LogP contribution is -2.60. The minimum atomic E-state index is -4.37. The summed E-state index contributed by atoms with van der Waals surface area (Å²) < 4.78 is 47.0. The van der Waals surface area contributed by atoms with Gasteiger partial charge in [-0.2, -0.15) is 13.2 Å². The molecule has 2 unspecified atom stereocenters. The number of methoxy groups -OCH3 is 1. The molecule has 0 bridgehead atoms. The molecule has 0 aliphatic carbocycles. The number of rotatable bonds is 3. The summed E-state index contributed by atoms with van der Waals surface area (Å²) in [6, 6.07) is 0. The fourth-order valence-electron chi connectivity index (χ4n) is 2.41. The largest absolute Gasteiger partial charge is 0.468 e. The molecular weight excluding hydrogens is 251 g/mol. The molecule has 4 nitrogen and oxygen atoms in total. The molecule has 1 heterocycles. The van der Waals surface area contributed by atoms with E-state index in [0.717, 1.165) is 0 Å². The van der Waals surface area contributed by atoms with Crippen LogP contribution >= 0.6 is 0 Å². The SMILES string of the molecule is COC(=O)C1(NCC(F)(F)F)CC(C)OC(C)C1. The molecule has 0 aromatic carbocycles. The molecule has 1 rings (SSSR count). The molecule has 0 amide bonds. The zero-order chi connectivity index (χ0) is 14.0. The Morgan fingerprint density at radius 3 is 2.28 bits per heavy atom. The van der Waals surface area contributed by atoms with Gasteiger partial charge in [0.25, 0.3) is 0 Å². The summed E-state index contributed by atoms with van der Waals surface area (Å²) in [4.78, 5) is 11.8. The highest BCUT2D eigenvalue weighted by Gasteiger charge is 2.47. The first-order chi connectivity index (χ1) is 8.18. The van der Waals surface area contributed by atoms with Crippen molar-refractivity contribution in [1.82, 2.24) is 5.32 Å². The van der Waals surface area contributed by atoms with Crippen LogP contribution in [0, 0.1) is 0 Å². The van der Waals surface area contributed by atoms with Gasteiger partial charge in [0.1, 0.15) is 5.54 Å². The van der Waals surface area contributed by atoms with Gasteiger partial charge >= 0.3 is 12.1 Å². The fraction of sp³-hybridized carbons (Fsp3) is 0.909. The van der Waals surface area contributed by atoms with Gasteiger partial charge in [-0.25, -0.2) is 0 Å². The van der Waals surface area contributed by atoms with Crippen LogP contribution in [0.5, 0.6) is 0 Å². The second-order valence-corrected chi connectivity index (χ2v) is 4.71. The van der Waals surface area contributed by atoms with Gasteiger partial charge in [0, 0.05) is 12.8 Å². The van der Waals surface area contributed by atoms with Crippen molar-refractivity contribution in [1.29, 1.82) is 0 Å². The van der Waals surface area contributed by atoms with Crippen molar-refractivity contribution in [2.45, 2.75) is 50.6 Å². The predicted molar refractivity (Wildman–Crippen MR) is 58.0 cm³/mol. The summed E-state index contributed by atoms with van der Waals surface area (Å²) >= 11 is 0. The molecule has 1 fully saturated rings. The number of carbonyl (C=O) groups excluding carboxylic acids is 1. The third-order valence-corrected chi connectivity index (χ3v) is 2.94. The van der Waals surface area contributed by atoms with Crippen LogP contribution < -0.4 is 5.32 Å². The molecule has 2 atom stereocenters. The van der Waals surface area contributed by atoms with Gasteiger partial charge in [0.15, 0.2) is 0 Å². The standard InChI is InChI=1S/C11H18F3NO3/c1-7-4-10(9(16)17-3,5-8(2)18-7)15-6-11(12,13)14/h7-8,15H,4-6H2,1-3H3. The number of nitrogens with one attached hydrogen (secondary N) is 1. The van der Waals surface area contributed by atoms with Crippen LogP contribution in [0.25, 0.3) is 0 Å². The summed E-state index contributed by atoms with van der Waals surface area (Å²) in [5, 5.41) is 2.31. The van der Waals surface area contributed by atoms with Crippen LogP contribution in [-0.2, 0) is 14.3 Å². The van der Waals surface area contributed by atoms with Crippen LogP contribution in [0.3, 0.4) is 0 Å². The zero-order valence-corrected chi connectivity index (χ0v) is 10.6. The first-order valence-electron chi connectivity index (χ1n) is 5.74. The van der Waals surface area contributed by atoms with Crippen molar-refractivity contribution < 1.29 is 27.4 Å². The lowest BCUT2D eigenvalue weighted by Gasteiger charge is -2.41. The van der Waals surface area contributed by atoms with Gasteiger partial charge in [-0.15, -0.1) is 0 Å². The Hall–Kier alpha value is -0.820. The monoisotopic (exact) mass is 269 g/mol. The van der Waals surface area contributed by atoms with E-state index >= 15 is 0 Å². The maximum absolute atomic E-state index is 12.3. The quantitative estimate of drug-likeness (QED) is 0.791. The molecule has 1 N–H and O–H groups in total. The lowest BCUT2D eigenvalue weighted by atomic mass is 9.84. The maximum atomic E-state index is 12.3. The highest BCUT2D eigenvalue weighted by molar-refractivity contribution is 5.81. The highest BCUT2D eigenvalue weighted by Crippen LogP contribution is 2.31. The van der Waals surface area contributed by atoms with Gasteiger partial charge in [-0.1, -0.05) is 0 Å². The van der Waals surface area contributed by atoms with Crippen LogP contribution in [0.15, 0.2) is 0 Å². The van der Waals surface area contributed by atoms with Crippen molar-refractivity contribution in [2.24, 2.45) is 0 Å². The minimum absolute atomic E-state index is 0.167. The van der Waals surface area contributed by atoms with E-state index in [4.69, 9.17) is 4.74 Å². The van der Waals surface area contributed by atoms with Crippen molar-refractivity contribution >= 4 is 5.97 Å². The van der Waals surface area contributed by atoms with E-state index in [1.165, 1.54) is 7.11 Å². The minimum Gasteiger partial charge on any atom is -0.468 e. The molecular formula is C11H18F3NO3. The topological polar surface area (TPSA) is 47.6 Å². The van der Waals surface area contributed by atoms with E-state index in [1.807, 2.05) is 0 Å². The first-order valence-corrected chi connectivity index (χ1v) is 5.74. The van der Waals surface area contributed by atoms with Gasteiger partial charge < -0.3 is 9.47 Å². The van der Waals surface area contributed by atoms with E-state index in [1.54, 1.807) is 13.8 Å². The predicted octanol–water partition coefficient (Wildman–Crippen LogP) is 1.64. The third kappa shape index (κ3) is 3.84. The number of alkyl halides is 3. The van der Waals surface area contributed by atoms with Crippen LogP contribution in [-0.4, -0.2) is 43.5 Å². The van der Waals surface area contributed by atoms with Crippen LogP contribution in [0.1, 0.15) is 26.7 Å². The fourth-order valence-corrected chi connectivity index (χ4v) is 2.41. The Morgan fingerprint density at radius 2 is 1.89 bits per heavy atom. The van der Waals surface area contributed by atoms with Crippen molar-refractivity contribution in [3.8, 4) is 0 Å². The molecule has 7 heteroatoms. The summed E-state index contributed by atoms with van der Waals surface area (Å²) in [5.74, 6) is -0.672. The number of hydrogen-bond donors (Lipinski definition) is 1. The van der Waals surface area contributed by atoms with Crippen molar-refractivity contribution in [3.63, 3.8) is 0 Å². The molecule has 106 valence electrons. The average molecular weight is 269 g/mol. The normalized spacial score (nSPS) is 33.2. The Labute approximate surface area is 104 Å². The lowest BCUT2D eigenvalue weighted by molar-refractivity contribution is -0.166. The van der Waals surface area contributed by atoms with Crippen molar-refractivity contribution in [3.05, 3.63) is 0 Å². The molecule has 18 heavy (non-hydrogen) atoms. The van der Waals surface area contributed by atoms with E-state index in [-0.39, 0.29) is 25.0 Å². The Kier molecular flexibility index (Phi) is 4.61. The van der Waals surface area contributed by atoms with E-state index in [2.05, 4.69) is 10.1 Å². The number of carbonyl (C=O) groups is 1.